The fourth-order valence-electron chi connectivity index (χ4n) is 2.80. The van der Waals surface area contributed by atoms with Crippen molar-refractivity contribution in [2.24, 2.45) is 11.7 Å². The highest BCUT2D eigenvalue weighted by atomic mass is 35.5. The van der Waals surface area contributed by atoms with Gasteiger partial charge in [0.25, 0.3) is 0 Å². The maximum absolute atomic E-state index is 12.8. The van der Waals surface area contributed by atoms with E-state index in [9.17, 15) is 8.42 Å². The lowest BCUT2D eigenvalue weighted by Crippen LogP contribution is -2.52. The molecular weight excluding hydrogens is 320 g/mol. The average molecular weight is 341 g/mol. The molecule has 4 nitrogen and oxygen atoms in total. The highest BCUT2D eigenvalue weighted by Crippen LogP contribution is 2.40. The topological polar surface area (TPSA) is 72.2 Å². The molecule has 1 atom stereocenters. The molecule has 22 heavy (non-hydrogen) atoms. The van der Waals surface area contributed by atoms with E-state index in [1.165, 1.54) is 0 Å². The third-order valence-corrected chi connectivity index (χ3v) is 5.98. The van der Waals surface area contributed by atoms with Gasteiger partial charge in [-0.2, -0.15) is 0 Å². The Hall–Kier alpha value is -1.14. The summed E-state index contributed by atoms with van der Waals surface area (Å²) >= 11 is 0. The number of hydrogen-bond acceptors (Lipinski definition) is 3. The number of hydrogen-bond donors (Lipinski definition) is 2. The van der Waals surface area contributed by atoms with Crippen molar-refractivity contribution in [3.8, 4) is 0 Å². The second kappa shape index (κ2) is 6.16. The van der Waals surface area contributed by atoms with Gasteiger partial charge in [-0.15, -0.1) is 12.4 Å². The van der Waals surface area contributed by atoms with Crippen LogP contribution in [-0.2, 0) is 10.0 Å². The van der Waals surface area contributed by atoms with Gasteiger partial charge in [-0.1, -0.05) is 36.4 Å². The first-order valence-corrected chi connectivity index (χ1v) is 8.66. The number of rotatable bonds is 5. The molecule has 2 aromatic carbocycles. The van der Waals surface area contributed by atoms with Crippen LogP contribution in [0.15, 0.2) is 47.4 Å². The van der Waals surface area contributed by atoms with Gasteiger partial charge in [-0.3, -0.25) is 0 Å². The van der Waals surface area contributed by atoms with Gasteiger partial charge < -0.3 is 5.73 Å². The Kier molecular flexibility index (Phi) is 4.82. The van der Waals surface area contributed by atoms with Crippen LogP contribution >= 0.6 is 12.4 Å². The normalized spacial score (nSPS) is 17.7. The predicted octanol–water partition coefficient (Wildman–Crippen LogP) is 2.67. The zero-order chi connectivity index (χ0) is 15.1. The number of nitrogens with one attached hydrogen (secondary N) is 1. The van der Waals surface area contributed by atoms with E-state index in [0.29, 0.717) is 17.4 Å². The van der Waals surface area contributed by atoms with E-state index < -0.39 is 15.6 Å². The van der Waals surface area contributed by atoms with E-state index in [-0.39, 0.29) is 12.4 Å². The number of sulfonamides is 1. The first-order chi connectivity index (χ1) is 9.96. The Labute approximate surface area is 137 Å². The quantitative estimate of drug-likeness (QED) is 0.879. The van der Waals surface area contributed by atoms with Crippen molar-refractivity contribution < 1.29 is 8.42 Å². The minimum atomic E-state index is -3.59. The SMILES string of the molecule is CC(CN)(NS(=O)(=O)c1cccc2ccccc12)C1CC1.Cl. The smallest absolute Gasteiger partial charge is 0.241 e. The zero-order valence-corrected chi connectivity index (χ0v) is 14.1. The van der Waals surface area contributed by atoms with Crippen LogP contribution in [0, 0.1) is 5.92 Å². The van der Waals surface area contributed by atoms with Gasteiger partial charge in [-0.05, 0) is 37.1 Å². The highest BCUT2D eigenvalue weighted by Gasteiger charge is 2.43. The van der Waals surface area contributed by atoms with Crippen molar-refractivity contribution in [3.63, 3.8) is 0 Å². The molecule has 0 saturated heterocycles. The lowest BCUT2D eigenvalue weighted by Gasteiger charge is -2.29. The molecule has 0 aromatic heterocycles. The molecule has 1 aliphatic rings. The minimum absolute atomic E-state index is 0. The Morgan fingerprint density at radius 2 is 1.82 bits per heavy atom. The van der Waals surface area contributed by atoms with Gasteiger partial charge in [0.05, 0.1) is 4.90 Å². The Bertz CT molecular complexity index is 769. The number of benzene rings is 2. The van der Waals surface area contributed by atoms with Gasteiger partial charge in [0.15, 0.2) is 0 Å². The molecule has 0 radical (unpaired) electrons. The molecule has 1 fully saturated rings. The lowest BCUT2D eigenvalue weighted by molar-refractivity contribution is 0.374. The fraction of sp³-hybridized carbons (Fsp3) is 0.375. The van der Waals surface area contributed by atoms with E-state index in [2.05, 4.69) is 4.72 Å². The van der Waals surface area contributed by atoms with E-state index in [4.69, 9.17) is 5.73 Å². The molecule has 0 aliphatic heterocycles. The molecule has 0 amide bonds. The van der Waals surface area contributed by atoms with Gasteiger partial charge in [0, 0.05) is 17.5 Å². The summed E-state index contributed by atoms with van der Waals surface area (Å²) in [5.41, 5.74) is 5.26. The van der Waals surface area contributed by atoms with Crippen molar-refractivity contribution in [2.45, 2.75) is 30.2 Å². The molecule has 1 saturated carbocycles. The third-order valence-electron chi connectivity index (χ3n) is 4.31. The van der Waals surface area contributed by atoms with Crippen LogP contribution in [0.4, 0.5) is 0 Å². The molecule has 1 aliphatic carbocycles. The summed E-state index contributed by atoms with van der Waals surface area (Å²) in [4.78, 5) is 0.320. The predicted molar refractivity (Wildman–Crippen MR) is 91.7 cm³/mol. The number of fused-ring (bicyclic) bond motifs is 1. The molecule has 6 heteroatoms. The van der Waals surface area contributed by atoms with Crippen molar-refractivity contribution in [3.05, 3.63) is 42.5 Å². The molecule has 3 N–H and O–H groups in total. The molecule has 1 unspecified atom stereocenters. The maximum Gasteiger partial charge on any atom is 0.241 e. The summed E-state index contributed by atoms with van der Waals surface area (Å²) in [6.45, 7) is 2.20. The summed E-state index contributed by atoms with van der Waals surface area (Å²) in [6.07, 6.45) is 2.07. The van der Waals surface area contributed by atoms with E-state index in [1.807, 2.05) is 37.3 Å². The third kappa shape index (κ3) is 3.13. The zero-order valence-electron chi connectivity index (χ0n) is 12.5. The van der Waals surface area contributed by atoms with Crippen LogP contribution in [0.1, 0.15) is 19.8 Å². The van der Waals surface area contributed by atoms with E-state index in [1.54, 1.807) is 12.1 Å². The monoisotopic (exact) mass is 340 g/mol. The summed E-state index contributed by atoms with van der Waals surface area (Å²) in [6, 6.07) is 12.8. The molecular formula is C16H21ClN2O2S. The molecule has 0 bridgehead atoms. The Balaban J connectivity index is 0.00000176. The summed E-state index contributed by atoms with van der Waals surface area (Å²) < 4.78 is 28.4. The highest BCUT2D eigenvalue weighted by molar-refractivity contribution is 7.89. The van der Waals surface area contributed by atoms with Crippen LogP contribution in [0.3, 0.4) is 0 Å². The summed E-state index contributed by atoms with van der Waals surface area (Å²) in [7, 11) is -3.59. The van der Waals surface area contributed by atoms with Gasteiger partial charge in [-0.25, -0.2) is 13.1 Å². The van der Waals surface area contributed by atoms with E-state index in [0.717, 1.165) is 23.6 Å². The van der Waals surface area contributed by atoms with Crippen LogP contribution in [0.5, 0.6) is 0 Å². The maximum atomic E-state index is 12.8. The second-order valence-electron chi connectivity index (χ2n) is 5.98. The Morgan fingerprint density at radius 1 is 1.18 bits per heavy atom. The second-order valence-corrected chi connectivity index (χ2v) is 7.63. The van der Waals surface area contributed by atoms with Gasteiger partial charge in [0.1, 0.15) is 0 Å². The van der Waals surface area contributed by atoms with Crippen molar-refractivity contribution in [1.82, 2.24) is 4.72 Å². The molecule has 0 heterocycles. The molecule has 120 valence electrons. The lowest BCUT2D eigenvalue weighted by atomic mass is 9.98. The number of nitrogens with two attached hydrogens (primary N) is 1. The van der Waals surface area contributed by atoms with E-state index >= 15 is 0 Å². The van der Waals surface area contributed by atoms with Crippen molar-refractivity contribution in [2.75, 3.05) is 6.54 Å². The Morgan fingerprint density at radius 3 is 2.45 bits per heavy atom. The van der Waals surface area contributed by atoms with Gasteiger partial charge >= 0.3 is 0 Å². The van der Waals surface area contributed by atoms with Crippen LogP contribution in [-0.4, -0.2) is 20.5 Å². The first kappa shape index (κ1) is 17.2. The molecule has 3 rings (SSSR count). The van der Waals surface area contributed by atoms with Crippen LogP contribution in [0.25, 0.3) is 10.8 Å². The standard InChI is InChI=1S/C16H20N2O2S.ClH/c1-16(11-17,13-9-10-13)18-21(19,20)15-8-4-6-12-5-2-3-7-14(12)15;/h2-8,13,18H,9-11,17H2,1H3;1H. The molecule has 2 aromatic rings. The first-order valence-electron chi connectivity index (χ1n) is 7.18. The number of halogens is 1. The van der Waals surface area contributed by atoms with Crippen LogP contribution < -0.4 is 10.5 Å². The minimum Gasteiger partial charge on any atom is -0.329 e. The van der Waals surface area contributed by atoms with Crippen LogP contribution in [0.2, 0.25) is 0 Å². The average Bonchev–Trinajstić information content (AvgIpc) is 3.31. The fourth-order valence-corrected chi connectivity index (χ4v) is 4.51. The molecule has 0 spiro atoms. The summed E-state index contributed by atoms with van der Waals surface area (Å²) in [5.74, 6) is 0.340. The van der Waals surface area contributed by atoms with Crippen molar-refractivity contribution >= 4 is 33.2 Å². The largest absolute Gasteiger partial charge is 0.329 e. The van der Waals surface area contributed by atoms with Crippen molar-refractivity contribution in [1.29, 1.82) is 0 Å². The summed E-state index contributed by atoms with van der Waals surface area (Å²) in [5, 5.41) is 1.66. The van der Waals surface area contributed by atoms with Gasteiger partial charge in [0.2, 0.25) is 10.0 Å².